The van der Waals surface area contributed by atoms with Gasteiger partial charge >= 0.3 is 0 Å². The predicted molar refractivity (Wildman–Crippen MR) is 84.7 cm³/mol. The molecule has 2 aromatic rings. The van der Waals surface area contributed by atoms with Crippen LogP contribution in [0.1, 0.15) is 22.8 Å². The van der Waals surface area contributed by atoms with Crippen LogP contribution in [0.3, 0.4) is 0 Å². The summed E-state index contributed by atoms with van der Waals surface area (Å²) in [6.07, 6.45) is 0. The van der Waals surface area contributed by atoms with Crippen LogP contribution in [-0.2, 0) is 0 Å². The van der Waals surface area contributed by atoms with Crippen molar-refractivity contribution in [3.05, 3.63) is 58.4 Å². The SMILES string of the molecule is CCNc1ccc(Cl)cc1C(=O)Nc1ccc(C)c(F)c1. The highest BCUT2D eigenvalue weighted by atomic mass is 35.5. The molecule has 0 spiro atoms. The van der Waals surface area contributed by atoms with Crippen LogP contribution in [0.5, 0.6) is 0 Å². The number of amides is 1. The first-order valence-corrected chi connectivity index (χ1v) is 7.00. The maximum atomic E-state index is 13.5. The Hall–Kier alpha value is -2.07. The molecule has 0 fully saturated rings. The third-order valence-electron chi connectivity index (χ3n) is 3.02. The molecule has 1 amide bonds. The van der Waals surface area contributed by atoms with Gasteiger partial charge in [0.2, 0.25) is 0 Å². The van der Waals surface area contributed by atoms with Crippen molar-refractivity contribution in [2.24, 2.45) is 0 Å². The number of nitrogens with one attached hydrogen (secondary N) is 2. The van der Waals surface area contributed by atoms with Crippen molar-refractivity contribution in [3.8, 4) is 0 Å². The molecular weight excluding hydrogens is 291 g/mol. The summed E-state index contributed by atoms with van der Waals surface area (Å²) in [5, 5.41) is 6.24. The van der Waals surface area contributed by atoms with E-state index in [1.807, 2.05) is 6.92 Å². The predicted octanol–water partition coefficient (Wildman–Crippen LogP) is 4.47. The fraction of sp³-hybridized carbons (Fsp3) is 0.188. The summed E-state index contributed by atoms with van der Waals surface area (Å²) in [5.74, 6) is -0.692. The molecule has 0 unspecified atom stereocenters. The average Bonchev–Trinajstić information content (AvgIpc) is 2.45. The Morgan fingerprint density at radius 3 is 2.67 bits per heavy atom. The van der Waals surface area contributed by atoms with Crippen LogP contribution in [0.15, 0.2) is 36.4 Å². The van der Waals surface area contributed by atoms with E-state index in [1.54, 1.807) is 37.3 Å². The van der Waals surface area contributed by atoms with Gasteiger partial charge in [-0.15, -0.1) is 0 Å². The van der Waals surface area contributed by atoms with Crippen LogP contribution < -0.4 is 10.6 Å². The van der Waals surface area contributed by atoms with E-state index in [0.29, 0.717) is 34.1 Å². The van der Waals surface area contributed by atoms with Crippen molar-refractivity contribution in [3.63, 3.8) is 0 Å². The van der Waals surface area contributed by atoms with Gasteiger partial charge in [-0.1, -0.05) is 17.7 Å². The third-order valence-corrected chi connectivity index (χ3v) is 3.26. The molecule has 2 aromatic carbocycles. The lowest BCUT2D eigenvalue weighted by Gasteiger charge is -2.12. The molecule has 0 aliphatic rings. The van der Waals surface area contributed by atoms with Gasteiger partial charge in [-0.25, -0.2) is 4.39 Å². The van der Waals surface area contributed by atoms with Gasteiger partial charge in [0.05, 0.1) is 5.56 Å². The number of anilines is 2. The van der Waals surface area contributed by atoms with Gasteiger partial charge < -0.3 is 10.6 Å². The second-order valence-corrected chi connectivity index (χ2v) is 5.07. The summed E-state index contributed by atoms with van der Waals surface area (Å²) in [5.41, 5.74) is 2.05. The van der Waals surface area contributed by atoms with Gasteiger partial charge in [0, 0.05) is 22.9 Å². The highest BCUT2D eigenvalue weighted by Crippen LogP contribution is 2.22. The highest BCUT2D eigenvalue weighted by Gasteiger charge is 2.12. The maximum absolute atomic E-state index is 13.5. The monoisotopic (exact) mass is 306 g/mol. The molecule has 110 valence electrons. The first kappa shape index (κ1) is 15.3. The van der Waals surface area contributed by atoms with Crippen molar-refractivity contribution in [1.82, 2.24) is 0 Å². The molecule has 0 saturated carbocycles. The lowest BCUT2D eigenvalue weighted by molar-refractivity contribution is 0.102. The van der Waals surface area contributed by atoms with Crippen molar-refractivity contribution in [1.29, 1.82) is 0 Å². The molecule has 0 heterocycles. The molecule has 0 radical (unpaired) electrons. The van der Waals surface area contributed by atoms with E-state index in [2.05, 4.69) is 10.6 Å². The number of benzene rings is 2. The van der Waals surface area contributed by atoms with Gasteiger partial charge in [-0.3, -0.25) is 4.79 Å². The van der Waals surface area contributed by atoms with Crippen molar-refractivity contribution in [2.75, 3.05) is 17.2 Å². The van der Waals surface area contributed by atoms with E-state index >= 15 is 0 Å². The molecular formula is C16H16ClFN2O. The summed E-state index contributed by atoms with van der Waals surface area (Å²) in [4.78, 5) is 12.3. The topological polar surface area (TPSA) is 41.1 Å². The summed E-state index contributed by atoms with van der Waals surface area (Å²) in [6.45, 7) is 4.29. The van der Waals surface area contributed by atoms with Gasteiger partial charge in [0.15, 0.2) is 0 Å². The Labute approximate surface area is 128 Å². The minimum Gasteiger partial charge on any atom is -0.385 e. The number of rotatable bonds is 4. The van der Waals surface area contributed by atoms with Crippen molar-refractivity contribution in [2.45, 2.75) is 13.8 Å². The van der Waals surface area contributed by atoms with Gasteiger partial charge in [0.25, 0.3) is 5.91 Å². The molecule has 0 aliphatic carbocycles. The minimum atomic E-state index is -0.356. The number of hydrogen-bond acceptors (Lipinski definition) is 2. The van der Waals surface area contributed by atoms with Crippen LogP contribution in [0, 0.1) is 12.7 Å². The molecule has 0 saturated heterocycles. The van der Waals surface area contributed by atoms with E-state index in [9.17, 15) is 9.18 Å². The van der Waals surface area contributed by atoms with E-state index < -0.39 is 0 Å². The zero-order valence-electron chi connectivity index (χ0n) is 11.8. The first-order valence-electron chi connectivity index (χ1n) is 6.62. The number of halogens is 2. The fourth-order valence-electron chi connectivity index (χ4n) is 1.92. The Morgan fingerprint density at radius 2 is 2.00 bits per heavy atom. The maximum Gasteiger partial charge on any atom is 0.257 e. The molecule has 3 nitrogen and oxygen atoms in total. The van der Waals surface area contributed by atoms with Gasteiger partial charge in [-0.05, 0) is 49.7 Å². The minimum absolute atomic E-state index is 0.336. The van der Waals surface area contributed by atoms with Crippen molar-refractivity contribution >= 4 is 28.9 Å². The van der Waals surface area contributed by atoms with Crippen LogP contribution >= 0.6 is 11.6 Å². The average molecular weight is 307 g/mol. The molecule has 0 atom stereocenters. The molecule has 0 aliphatic heterocycles. The van der Waals surface area contributed by atoms with E-state index in [1.165, 1.54) is 6.07 Å². The lowest BCUT2D eigenvalue weighted by Crippen LogP contribution is -2.15. The van der Waals surface area contributed by atoms with Gasteiger partial charge in [0.1, 0.15) is 5.82 Å². The summed E-state index contributed by atoms with van der Waals surface area (Å²) in [7, 11) is 0. The van der Waals surface area contributed by atoms with E-state index in [-0.39, 0.29) is 11.7 Å². The summed E-state index contributed by atoms with van der Waals surface area (Å²) < 4.78 is 13.5. The Balaban J connectivity index is 2.27. The normalized spacial score (nSPS) is 10.3. The van der Waals surface area contributed by atoms with Crippen LogP contribution in [0.2, 0.25) is 5.02 Å². The zero-order valence-corrected chi connectivity index (χ0v) is 12.6. The largest absolute Gasteiger partial charge is 0.385 e. The van der Waals surface area contributed by atoms with Crippen LogP contribution in [-0.4, -0.2) is 12.5 Å². The molecule has 2 N–H and O–H groups in total. The molecule has 2 rings (SSSR count). The zero-order chi connectivity index (χ0) is 15.4. The molecule has 21 heavy (non-hydrogen) atoms. The molecule has 0 aromatic heterocycles. The Bertz CT molecular complexity index is 673. The summed E-state index contributed by atoms with van der Waals surface area (Å²) in [6, 6.07) is 9.62. The quantitative estimate of drug-likeness (QED) is 0.875. The molecule has 0 bridgehead atoms. The summed E-state index contributed by atoms with van der Waals surface area (Å²) >= 11 is 5.94. The number of carbonyl (C=O) groups is 1. The van der Waals surface area contributed by atoms with Gasteiger partial charge in [-0.2, -0.15) is 0 Å². The smallest absolute Gasteiger partial charge is 0.257 e. The second kappa shape index (κ2) is 6.59. The second-order valence-electron chi connectivity index (χ2n) is 4.64. The Kier molecular flexibility index (Phi) is 4.81. The standard InChI is InChI=1S/C16H16ClFN2O/c1-3-19-15-7-5-11(17)8-13(15)16(21)20-12-6-4-10(2)14(18)9-12/h4-9,19H,3H2,1-2H3,(H,20,21). The van der Waals surface area contributed by atoms with Crippen LogP contribution in [0.25, 0.3) is 0 Å². The van der Waals surface area contributed by atoms with E-state index in [4.69, 9.17) is 11.6 Å². The lowest BCUT2D eigenvalue weighted by atomic mass is 10.1. The number of carbonyl (C=O) groups excluding carboxylic acids is 1. The fourth-order valence-corrected chi connectivity index (χ4v) is 2.09. The number of hydrogen-bond donors (Lipinski definition) is 2. The Morgan fingerprint density at radius 1 is 1.24 bits per heavy atom. The first-order chi connectivity index (χ1) is 10.0. The van der Waals surface area contributed by atoms with Crippen molar-refractivity contribution < 1.29 is 9.18 Å². The third kappa shape index (κ3) is 3.73. The molecule has 5 heteroatoms. The number of aryl methyl sites for hydroxylation is 1. The van der Waals surface area contributed by atoms with E-state index in [0.717, 1.165) is 0 Å². The van der Waals surface area contributed by atoms with Crippen LogP contribution in [0.4, 0.5) is 15.8 Å². The highest BCUT2D eigenvalue weighted by molar-refractivity contribution is 6.31.